The Morgan fingerprint density at radius 1 is 1.55 bits per heavy atom. The summed E-state index contributed by atoms with van der Waals surface area (Å²) in [7, 11) is -1.08. The van der Waals surface area contributed by atoms with E-state index in [4.69, 9.17) is 15.6 Å². The maximum absolute atomic E-state index is 10.8. The van der Waals surface area contributed by atoms with Crippen LogP contribution in [-0.2, 0) is 21.8 Å². The molecule has 3 N–H and O–H groups in total. The van der Waals surface area contributed by atoms with Gasteiger partial charge in [-0.2, -0.15) is 5.10 Å². The second kappa shape index (κ2) is 6.51. The summed E-state index contributed by atoms with van der Waals surface area (Å²) in [6.45, 7) is 9.66. The van der Waals surface area contributed by atoms with Crippen LogP contribution in [0.3, 0.4) is 0 Å². The highest BCUT2D eigenvalue weighted by atomic mass is 28.3. The molecule has 0 aromatic carbocycles. The van der Waals surface area contributed by atoms with Crippen molar-refractivity contribution in [3.63, 3.8) is 0 Å². The number of ether oxygens (including phenoxy) is 1. The van der Waals surface area contributed by atoms with Gasteiger partial charge >= 0.3 is 5.97 Å². The number of nitrogens with two attached hydrogens (primary N) is 1. The first-order valence-electron chi connectivity index (χ1n) is 6.72. The maximum atomic E-state index is 10.8. The third-order valence-electron chi connectivity index (χ3n) is 2.96. The number of carboxylic acid groups (broad SMARTS) is 1. The summed E-state index contributed by atoms with van der Waals surface area (Å²) >= 11 is 0. The Hall–Kier alpha value is -1.18. The zero-order valence-corrected chi connectivity index (χ0v) is 13.7. The highest BCUT2D eigenvalue weighted by Gasteiger charge is 2.27. The molecule has 20 heavy (non-hydrogen) atoms. The van der Waals surface area contributed by atoms with Gasteiger partial charge in [0.15, 0.2) is 0 Å². The molecule has 114 valence electrons. The van der Waals surface area contributed by atoms with E-state index in [-0.39, 0.29) is 6.42 Å². The minimum atomic E-state index is -1.08. The van der Waals surface area contributed by atoms with Gasteiger partial charge in [0.05, 0.1) is 17.7 Å². The Morgan fingerprint density at radius 3 is 2.75 bits per heavy atom. The summed E-state index contributed by atoms with van der Waals surface area (Å²) in [5, 5.41) is 13.1. The number of hydrogen-bond acceptors (Lipinski definition) is 4. The number of aromatic nitrogens is 2. The topological polar surface area (TPSA) is 90.4 Å². The molecule has 1 heterocycles. The van der Waals surface area contributed by atoms with Crippen LogP contribution in [0.4, 0.5) is 0 Å². The fourth-order valence-corrected chi connectivity index (χ4v) is 2.44. The number of nitrogens with zero attached hydrogens (tertiary/aromatic N) is 2. The van der Waals surface area contributed by atoms with Crippen molar-refractivity contribution in [3.05, 3.63) is 18.0 Å². The van der Waals surface area contributed by atoms with Gasteiger partial charge in [0, 0.05) is 20.9 Å². The van der Waals surface area contributed by atoms with Gasteiger partial charge in [-0.3, -0.25) is 4.79 Å². The average molecular weight is 299 g/mol. The zero-order chi connectivity index (χ0) is 15.4. The van der Waals surface area contributed by atoms with Crippen LogP contribution >= 0.6 is 0 Å². The predicted molar refractivity (Wildman–Crippen MR) is 80.1 cm³/mol. The number of aliphatic carboxylic acids is 1. The standard InChI is InChI=1S/C13H25N3O3Si/c1-13(14,9-12(17)18)11-5-6-16(15-11)10-19-7-8-20(2,3)4/h5-6H,7-10,14H2,1-4H3,(H,17,18)/t13-/m0/s1. The summed E-state index contributed by atoms with van der Waals surface area (Å²) < 4.78 is 7.23. The van der Waals surface area contributed by atoms with Gasteiger partial charge in [0.25, 0.3) is 0 Å². The first-order chi connectivity index (χ1) is 9.10. The van der Waals surface area contributed by atoms with Gasteiger partial charge in [-0.15, -0.1) is 0 Å². The van der Waals surface area contributed by atoms with Crippen molar-refractivity contribution in [2.75, 3.05) is 6.61 Å². The fourth-order valence-electron chi connectivity index (χ4n) is 1.68. The van der Waals surface area contributed by atoms with Gasteiger partial charge < -0.3 is 15.6 Å². The lowest BCUT2D eigenvalue weighted by Crippen LogP contribution is -2.36. The molecule has 0 aliphatic carbocycles. The molecule has 0 saturated carbocycles. The predicted octanol–water partition coefficient (Wildman–Crippen LogP) is 1.84. The van der Waals surface area contributed by atoms with Crippen molar-refractivity contribution >= 4 is 14.0 Å². The maximum Gasteiger partial charge on any atom is 0.305 e. The molecule has 1 aromatic rings. The Kier molecular flexibility index (Phi) is 5.49. The van der Waals surface area contributed by atoms with Gasteiger partial charge in [-0.1, -0.05) is 19.6 Å². The molecule has 0 aliphatic rings. The zero-order valence-electron chi connectivity index (χ0n) is 12.7. The quantitative estimate of drug-likeness (QED) is 0.564. The molecule has 0 saturated heterocycles. The second-order valence-electron chi connectivity index (χ2n) is 6.58. The van der Waals surface area contributed by atoms with E-state index in [9.17, 15) is 4.79 Å². The minimum absolute atomic E-state index is 0.152. The van der Waals surface area contributed by atoms with E-state index in [1.807, 2.05) is 0 Å². The summed E-state index contributed by atoms with van der Waals surface area (Å²) in [6.07, 6.45) is 1.61. The van der Waals surface area contributed by atoms with Crippen molar-refractivity contribution < 1.29 is 14.6 Å². The molecule has 7 heteroatoms. The molecule has 0 unspecified atom stereocenters. The molecule has 1 aromatic heterocycles. The molecule has 0 spiro atoms. The van der Waals surface area contributed by atoms with Crippen LogP contribution in [-0.4, -0.2) is 35.5 Å². The van der Waals surface area contributed by atoms with Crippen LogP contribution in [0.5, 0.6) is 0 Å². The molecule has 0 bridgehead atoms. The third-order valence-corrected chi connectivity index (χ3v) is 4.67. The normalized spacial score (nSPS) is 15.1. The number of rotatable bonds is 8. The molecule has 0 fully saturated rings. The number of carboxylic acids is 1. The SMILES string of the molecule is C[C@](N)(CC(=O)O)c1ccn(COCC[Si](C)(C)C)n1. The van der Waals surface area contributed by atoms with Crippen molar-refractivity contribution in [1.82, 2.24) is 9.78 Å². The lowest BCUT2D eigenvalue weighted by molar-refractivity contribution is -0.138. The van der Waals surface area contributed by atoms with E-state index in [0.717, 1.165) is 12.7 Å². The smallest absolute Gasteiger partial charge is 0.305 e. The van der Waals surface area contributed by atoms with Crippen LogP contribution in [0.2, 0.25) is 25.7 Å². The van der Waals surface area contributed by atoms with E-state index < -0.39 is 19.6 Å². The molecule has 1 atom stereocenters. The van der Waals surface area contributed by atoms with Gasteiger partial charge in [-0.05, 0) is 19.0 Å². The van der Waals surface area contributed by atoms with E-state index in [1.165, 1.54) is 0 Å². The highest BCUT2D eigenvalue weighted by Crippen LogP contribution is 2.19. The molecule has 1 rings (SSSR count). The molecule has 0 aliphatic heterocycles. The molecular weight excluding hydrogens is 274 g/mol. The lowest BCUT2D eigenvalue weighted by Gasteiger charge is -2.19. The Labute approximate surface area is 120 Å². The molecular formula is C13H25N3O3Si. The molecule has 0 radical (unpaired) electrons. The van der Waals surface area contributed by atoms with Gasteiger partial charge in [-0.25, -0.2) is 4.68 Å². The van der Waals surface area contributed by atoms with Crippen LogP contribution in [0.25, 0.3) is 0 Å². The van der Waals surface area contributed by atoms with Crippen molar-refractivity contribution in [3.8, 4) is 0 Å². The van der Waals surface area contributed by atoms with Crippen molar-refractivity contribution in [2.45, 2.75) is 51.3 Å². The molecule has 0 amide bonds. The number of hydrogen-bond donors (Lipinski definition) is 2. The second-order valence-corrected chi connectivity index (χ2v) is 12.2. The first kappa shape index (κ1) is 16.9. The van der Waals surface area contributed by atoms with Crippen molar-refractivity contribution in [1.29, 1.82) is 0 Å². The highest BCUT2D eigenvalue weighted by molar-refractivity contribution is 6.76. The lowest BCUT2D eigenvalue weighted by atomic mass is 9.95. The Balaban J connectivity index is 2.49. The fraction of sp³-hybridized carbons (Fsp3) is 0.692. The summed E-state index contributed by atoms with van der Waals surface area (Å²) in [5.41, 5.74) is 5.57. The number of carbonyl (C=O) groups is 1. The minimum Gasteiger partial charge on any atom is -0.481 e. The summed E-state index contributed by atoms with van der Waals surface area (Å²) in [5.74, 6) is -0.934. The first-order valence-corrected chi connectivity index (χ1v) is 10.4. The van der Waals surface area contributed by atoms with Crippen LogP contribution < -0.4 is 5.73 Å². The average Bonchev–Trinajstić information content (AvgIpc) is 2.70. The molecule has 6 nitrogen and oxygen atoms in total. The largest absolute Gasteiger partial charge is 0.481 e. The van der Waals surface area contributed by atoms with Crippen LogP contribution in [0.15, 0.2) is 12.3 Å². The van der Waals surface area contributed by atoms with E-state index >= 15 is 0 Å². The Morgan fingerprint density at radius 2 is 2.20 bits per heavy atom. The summed E-state index contributed by atoms with van der Waals surface area (Å²) in [4.78, 5) is 10.8. The van der Waals surface area contributed by atoms with Crippen LogP contribution in [0, 0.1) is 0 Å². The summed E-state index contributed by atoms with van der Waals surface area (Å²) in [6, 6.07) is 2.85. The van der Waals surface area contributed by atoms with E-state index in [1.54, 1.807) is 23.9 Å². The van der Waals surface area contributed by atoms with E-state index in [0.29, 0.717) is 12.4 Å². The van der Waals surface area contributed by atoms with Gasteiger partial charge in [0.2, 0.25) is 0 Å². The van der Waals surface area contributed by atoms with E-state index in [2.05, 4.69) is 24.7 Å². The third kappa shape index (κ3) is 5.85. The van der Waals surface area contributed by atoms with Crippen LogP contribution in [0.1, 0.15) is 19.0 Å². The van der Waals surface area contributed by atoms with Crippen molar-refractivity contribution in [2.24, 2.45) is 5.73 Å². The monoisotopic (exact) mass is 299 g/mol. The Bertz CT molecular complexity index is 452. The van der Waals surface area contributed by atoms with Gasteiger partial charge in [0.1, 0.15) is 6.73 Å².